The highest BCUT2D eigenvalue weighted by Gasteiger charge is 2.29. The molecule has 11 heteroatoms. The highest BCUT2D eigenvalue weighted by molar-refractivity contribution is 6.01. The van der Waals surface area contributed by atoms with E-state index in [0.29, 0.717) is 12.8 Å². The number of unbranched alkanes of at least 4 members (excludes halogenated alkanes) is 1. The van der Waals surface area contributed by atoms with E-state index in [4.69, 9.17) is 0 Å². The van der Waals surface area contributed by atoms with Crippen molar-refractivity contribution in [3.63, 3.8) is 0 Å². The molecule has 0 spiro atoms. The van der Waals surface area contributed by atoms with Crippen LogP contribution in [0.5, 0.6) is 11.6 Å². The van der Waals surface area contributed by atoms with Gasteiger partial charge in [-0.25, -0.2) is 13.2 Å². The van der Waals surface area contributed by atoms with E-state index in [1.165, 1.54) is 6.92 Å². The Morgan fingerprint density at radius 2 is 1.63 bits per heavy atom. The highest BCUT2D eigenvalue weighted by Crippen LogP contribution is 2.30. The number of nitriles is 1. The van der Waals surface area contributed by atoms with Gasteiger partial charge >= 0.3 is 0 Å². The number of halogens is 5. The fourth-order valence-corrected chi connectivity index (χ4v) is 2.73. The molecule has 2 aromatic rings. The monoisotopic (exact) mass is 430 g/mol. The molecule has 6 nitrogen and oxygen atoms in total. The number of carbonyl (C=O) groups excluding carboxylic acids is 1. The third-order valence-corrected chi connectivity index (χ3v) is 4.33. The molecule has 1 aromatic carbocycles. The summed E-state index contributed by atoms with van der Waals surface area (Å²) in [6, 6.07) is 1.62. The second-order valence-electron chi connectivity index (χ2n) is 6.23. The Bertz CT molecular complexity index is 1090. The summed E-state index contributed by atoms with van der Waals surface area (Å²) < 4.78 is 72.3. The summed E-state index contributed by atoms with van der Waals surface area (Å²) in [5.41, 5.74) is -2.02. The second kappa shape index (κ2) is 8.94. The van der Waals surface area contributed by atoms with Crippen molar-refractivity contribution in [2.24, 2.45) is 0 Å². The van der Waals surface area contributed by atoms with E-state index in [0.717, 1.165) is 4.57 Å². The van der Waals surface area contributed by atoms with Crippen LogP contribution in [0.4, 0.5) is 22.0 Å². The van der Waals surface area contributed by atoms with Crippen LogP contribution >= 0.6 is 0 Å². The second-order valence-corrected chi connectivity index (χ2v) is 6.23. The van der Waals surface area contributed by atoms with E-state index in [1.54, 1.807) is 13.0 Å². The van der Waals surface area contributed by atoms with Gasteiger partial charge < -0.3 is 9.84 Å². The molecule has 1 aromatic heterocycles. The maximum absolute atomic E-state index is 13.7. The number of pyridine rings is 1. The van der Waals surface area contributed by atoms with Crippen molar-refractivity contribution in [1.29, 1.82) is 5.26 Å². The predicted molar refractivity (Wildman–Crippen MR) is 92.8 cm³/mol. The van der Waals surface area contributed by atoms with Gasteiger partial charge in [0.1, 0.15) is 11.6 Å². The zero-order valence-corrected chi connectivity index (χ0v) is 15.8. The molecular formula is C19H15F5N2O4. The van der Waals surface area contributed by atoms with Crippen molar-refractivity contribution in [2.45, 2.75) is 33.2 Å². The van der Waals surface area contributed by atoms with Crippen LogP contribution in [0.3, 0.4) is 0 Å². The van der Waals surface area contributed by atoms with Crippen molar-refractivity contribution in [2.75, 3.05) is 6.61 Å². The molecule has 0 aliphatic heterocycles. The summed E-state index contributed by atoms with van der Waals surface area (Å²) in [5.74, 6) is -15.1. The number of rotatable bonds is 7. The van der Waals surface area contributed by atoms with Crippen LogP contribution in [0.25, 0.3) is 0 Å². The summed E-state index contributed by atoms with van der Waals surface area (Å²) in [7, 11) is 0. The highest BCUT2D eigenvalue weighted by atomic mass is 19.2. The molecule has 2 rings (SSSR count). The minimum Gasteiger partial charge on any atom is -0.494 e. The van der Waals surface area contributed by atoms with Gasteiger partial charge in [0.05, 0.1) is 5.56 Å². The molecule has 0 aliphatic rings. The van der Waals surface area contributed by atoms with Gasteiger partial charge in [0.25, 0.3) is 5.56 Å². The predicted octanol–water partition coefficient (Wildman–Crippen LogP) is 3.49. The quantitative estimate of drug-likeness (QED) is 0.314. The number of hydrogen-bond donors (Lipinski definition) is 1. The first-order valence-corrected chi connectivity index (χ1v) is 8.62. The number of ketones is 1. The van der Waals surface area contributed by atoms with E-state index in [-0.39, 0.29) is 12.1 Å². The van der Waals surface area contributed by atoms with Gasteiger partial charge in [-0.05, 0) is 18.9 Å². The lowest BCUT2D eigenvalue weighted by molar-refractivity contribution is 0.0908. The Labute approximate surface area is 166 Å². The molecule has 0 saturated heterocycles. The fourth-order valence-electron chi connectivity index (χ4n) is 2.73. The summed E-state index contributed by atoms with van der Waals surface area (Å²) >= 11 is 0. The zero-order valence-electron chi connectivity index (χ0n) is 15.8. The number of ether oxygens (including phenoxy) is 1. The van der Waals surface area contributed by atoms with Crippen molar-refractivity contribution >= 4 is 5.78 Å². The molecular weight excluding hydrogens is 415 g/mol. The van der Waals surface area contributed by atoms with Crippen molar-refractivity contribution < 1.29 is 36.6 Å². The third kappa shape index (κ3) is 3.85. The van der Waals surface area contributed by atoms with Crippen molar-refractivity contribution in [3.8, 4) is 17.7 Å². The number of nitrogens with zero attached hydrogens (tertiary/aromatic N) is 2. The fraction of sp³-hybridized carbons (Fsp3) is 0.316. The number of benzene rings is 1. The molecule has 0 unspecified atom stereocenters. The number of aromatic hydroxyl groups is 1. The van der Waals surface area contributed by atoms with Crippen LogP contribution in [0, 0.1) is 47.3 Å². The van der Waals surface area contributed by atoms with Crippen LogP contribution in [-0.2, 0) is 6.54 Å². The smallest absolute Gasteiger partial charge is 0.271 e. The van der Waals surface area contributed by atoms with Crippen LogP contribution in [0.1, 0.15) is 41.3 Å². The number of hydrogen-bond acceptors (Lipinski definition) is 5. The summed E-state index contributed by atoms with van der Waals surface area (Å²) in [6.07, 6.45) is 1.05. The normalized spacial score (nSPS) is 10.7. The first-order chi connectivity index (χ1) is 14.1. The molecule has 30 heavy (non-hydrogen) atoms. The van der Waals surface area contributed by atoms with Gasteiger partial charge in [0.2, 0.25) is 40.7 Å². The maximum atomic E-state index is 13.7. The van der Waals surface area contributed by atoms with Crippen LogP contribution in [-0.4, -0.2) is 22.1 Å². The minimum atomic E-state index is -2.39. The average Bonchev–Trinajstić information content (AvgIpc) is 2.71. The van der Waals surface area contributed by atoms with Crippen molar-refractivity contribution in [3.05, 3.63) is 56.1 Å². The lowest BCUT2D eigenvalue weighted by atomic mass is 10.0. The molecule has 0 bridgehead atoms. The van der Waals surface area contributed by atoms with Crippen molar-refractivity contribution in [1.82, 2.24) is 4.57 Å². The van der Waals surface area contributed by atoms with Gasteiger partial charge in [0, 0.05) is 6.54 Å². The standard InChI is InChI=1S/C19H15F5N2O4/c1-3-4-5-26-18(28)9(6-25)8(2)11(19(26)29)10(27)7-30-17-15(23)13(21)12(20)14(22)16(17)24/h29H,3-5,7H2,1-2H3. The Morgan fingerprint density at radius 1 is 1.10 bits per heavy atom. The topological polar surface area (TPSA) is 92.3 Å². The molecule has 160 valence electrons. The molecule has 0 amide bonds. The van der Waals surface area contributed by atoms with Gasteiger partial charge in [-0.1, -0.05) is 13.3 Å². The minimum absolute atomic E-state index is 0.0189. The van der Waals surface area contributed by atoms with Gasteiger partial charge in [0.15, 0.2) is 12.4 Å². The summed E-state index contributed by atoms with van der Waals surface area (Å²) in [6.45, 7) is 1.74. The summed E-state index contributed by atoms with van der Waals surface area (Å²) in [4.78, 5) is 24.8. The molecule has 0 radical (unpaired) electrons. The number of Topliss-reactive ketones (excluding diaryl/α,β-unsaturated/α-hetero) is 1. The summed E-state index contributed by atoms with van der Waals surface area (Å²) in [5, 5.41) is 19.6. The van der Waals surface area contributed by atoms with Gasteiger partial charge in [-0.2, -0.15) is 14.0 Å². The Hall–Kier alpha value is -3.42. The van der Waals surface area contributed by atoms with E-state index in [9.17, 15) is 41.9 Å². The SMILES string of the molecule is CCCCn1c(O)c(C(=O)COc2c(F)c(F)c(F)c(F)c2F)c(C)c(C#N)c1=O. The number of aromatic nitrogens is 1. The first kappa shape index (κ1) is 22.9. The van der Waals surface area contributed by atoms with Gasteiger partial charge in [-0.15, -0.1) is 0 Å². The Balaban J connectivity index is 2.49. The molecule has 0 aliphatic carbocycles. The molecule has 0 saturated carbocycles. The van der Waals surface area contributed by atoms with Crippen LogP contribution < -0.4 is 10.3 Å². The Morgan fingerprint density at radius 3 is 2.13 bits per heavy atom. The van der Waals surface area contributed by atoms with E-state index >= 15 is 0 Å². The molecule has 0 atom stereocenters. The molecule has 1 N–H and O–H groups in total. The Kier molecular flexibility index (Phi) is 6.81. The van der Waals surface area contributed by atoms with E-state index in [2.05, 4.69) is 4.74 Å². The van der Waals surface area contributed by atoms with E-state index < -0.39 is 69.8 Å². The average molecular weight is 430 g/mol. The molecule has 0 fully saturated rings. The van der Waals surface area contributed by atoms with Crippen LogP contribution in [0.15, 0.2) is 4.79 Å². The first-order valence-electron chi connectivity index (χ1n) is 8.62. The lowest BCUT2D eigenvalue weighted by Gasteiger charge is -2.16. The number of carbonyl (C=O) groups is 1. The molecule has 1 heterocycles. The zero-order chi connectivity index (χ0) is 22.7. The maximum Gasteiger partial charge on any atom is 0.271 e. The largest absolute Gasteiger partial charge is 0.494 e. The lowest BCUT2D eigenvalue weighted by Crippen LogP contribution is -2.28. The van der Waals surface area contributed by atoms with E-state index in [1.807, 2.05) is 0 Å². The van der Waals surface area contributed by atoms with Gasteiger partial charge in [-0.3, -0.25) is 14.2 Å². The van der Waals surface area contributed by atoms with Crippen LogP contribution in [0.2, 0.25) is 0 Å². The third-order valence-electron chi connectivity index (χ3n) is 4.33.